The molecule has 1 aromatic carbocycles. The molecule has 2 N–H and O–H groups in total. The summed E-state index contributed by atoms with van der Waals surface area (Å²) in [5.41, 5.74) is 3.21. The summed E-state index contributed by atoms with van der Waals surface area (Å²) in [6.07, 6.45) is 5.33. The van der Waals surface area contributed by atoms with Gasteiger partial charge in [-0.3, -0.25) is 9.59 Å². The van der Waals surface area contributed by atoms with Crippen LogP contribution in [-0.2, 0) is 33.3 Å². The summed E-state index contributed by atoms with van der Waals surface area (Å²) in [5, 5.41) is 23.5. The van der Waals surface area contributed by atoms with Crippen molar-refractivity contribution in [3.63, 3.8) is 0 Å². The fourth-order valence-electron chi connectivity index (χ4n) is 8.78. The van der Waals surface area contributed by atoms with E-state index in [0.717, 1.165) is 20.1 Å². The van der Waals surface area contributed by atoms with Gasteiger partial charge >= 0.3 is 18.9 Å². The Bertz CT molecular complexity index is 1890. The third kappa shape index (κ3) is 7.95. The molecule has 2 aromatic rings. The molecule has 10 atom stereocenters. The SMILES string of the molecule is CO[C@H]1CCCC[C@@H](c2ccccc2)OC(=O)[C@@H](C)[C@@]2(O)O[C@H]([C@@H](C)[C@H](O)[C@H]2OC)[C@@H](C)/C=C/[C@H]1OC(=O)CCC1=[N+]2C(=Cc3c(C)cc(C)n3[B-]2(F)F)C=C1. The summed E-state index contributed by atoms with van der Waals surface area (Å²) >= 11 is 0. The number of aromatic nitrogens is 1. The second-order valence-electron chi connectivity index (χ2n) is 15.7. The quantitative estimate of drug-likeness (QED) is 0.192. The molecule has 1 saturated heterocycles. The second-order valence-corrected chi connectivity index (χ2v) is 15.7. The third-order valence-corrected chi connectivity index (χ3v) is 12.0. The maximum absolute atomic E-state index is 16.0. The number of esters is 2. The Morgan fingerprint density at radius 1 is 1.05 bits per heavy atom. The highest BCUT2D eigenvalue weighted by molar-refractivity contribution is 6.58. The van der Waals surface area contributed by atoms with Crippen molar-refractivity contribution in [1.82, 2.24) is 4.48 Å². The standard InChI is InChI=1S/C42H55BF2N2O9/c1-25-17-21-36(54-37(48)22-20-31-18-19-32-24-33-26(2)23-27(3)46(33)43(44,45)47(31)32)35(52-6)16-12-11-15-34(30-13-9-8-10-14-30)55-41(50)29(5)42(51)40(53-7)38(49)28(4)39(25)56-42/h8-10,13-14,17-19,21,23-25,28-29,34-36,38-40,49,51H,11-12,15-16,20,22H2,1-7H3/b21-17+/t25-,28-,29+,34-,35-,36+,38-,39-,40+,42+/m0/s1. The predicted octanol–water partition coefficient (Wildman–Crippen LogP) is 6.20. The molecule has 5 heterocycles. The molecule has 4 aliphatic rings. The largest absolute Gasteiger partial charge is 0.737 e. The van der Waals surface area contributed by atoms with Crippen LogP contribution >= 0.6 is 0 Å². The smallest absolute Gasteiger partial charge is 0.457 e. The lowest BCUT2D eigenvalue weighted by molar-refractivity contribution is -0.362. The van der Waals surface area contributed by atoms with Crippen molar-refractivity contribution in [3.05, 3.63) is 88.9 Å². The van der Waals surface area contributed by atoms with Crippen molar-refractivity contribution in [2.75, 3.05) is 14.2 Å². The van der Waals surface area contributed by atoms with Crippen LogP contribution in [0, 0.1) is 31.6 Å². The number of carbonyl (C=O) groups is 2. The molecule has 0 unspecified atom stereocenters. The molecule has 0 amide bonds. The zero-order valence-electron chi connectivity index (χ0n) is 33.3. The monoisotopic (exact) mass is 780 g/mol. The van der Waals surface area contributed by atoms with Gasteiger partial charge < -0.3 is 51.5 Å². The van der Waals surface area contributed by atoms with Crippen LogP contribution in [0.1, 0.15) is 87.9 Å². The van der Waals surface area contributed by atoms with E-state index in [-0.39, 0.29) is 12.8 Å². The normalized spacial score (nSPS) is 33.9. The van der Waals surface area contributed by atoms with Gasteiger partial charge in [0.05, 0.1) is 24.7 Å². The Hall–Kier alpha value is -3.95. The van der Waals surface area contributed by atoms with Gasteiger partial charge in [0.25, 0.3) is 0 Å². The number of hydrogen-bond acceptors (Lipinski definition) is 9. The average molecular weight is 781 g/mol. The van der Waals surface area contributed by atoms with Gasteiger partial charge in [-0.1, -0.05) is 56.7 Å². The molecule has 0 aliphatic carbocycles. The van der Waals surface area contributed by atoms with E-state index in [1.165, 1.54) is 21.1 Å². The van der Waals surface area contributed by atoms with E-state index >= 15 is 8.63 Å². The number of ether oxygens (including phenoxy) is 5. The van der Waals surface area contributed by atoms with Crippen molar-refractivity contribution in [3.8, 4) is 0 Å². The van der Waals surface area contributed by atoms with Crippen LogP contribution in [-0.4, -0.2) is 94.3 Å². The lowest BCUT2D eigenvalue weighted by atomic mass is 9.78. The summed E-state index contributed by atoms with van der Waals surface area (Å²) in [7, 11) is 2.88. The zero-order valence-corrected chi connectivity index (χ0v) is 33.3. The summed E-state index contributed by atoms with van der Waals surface area (Å²) in [6, 6.07) is 11.1. The Kier molecular flexibility index (Phi) is 12.6. The van der Waals surface area contributed by atoms with E-state index < -0.39 is 79.1 Å². The van der Waals surface area contributed by atoms with Gasteiger partial charge in [0.2, 0.25) is 5.79 Å². The van der Waals surface area contributed by atoms with Gasteiger partial charge in [-0.25, -0.2) is 0 Å². The number of aryl methyl sites for hydroxylation is 2. The molecule has 304 valence electrons. The van der Waals surface area contributed by atoms with Gasteiger partial charge in [-0.05, 0) is 69.0 Å². The first-order chi connectivity index (χ1) is 26.6. The van der Waals surface area contributed by atoms with Crippen LogP contribution in [0.3, 0.4) is 0 Å². The molecule has 1 aromatic heterocycles. The van der Waals surface area contributed by atoms with Crippen molar-refractivity contribution >= 4 is 30.7 Å². The Labute approximate surface area is 327 Å². The fourth-order valence-corrected chi connectivity index (χ4v) is 8.78. The maximum atomic E-state index is 16.0. The minimum absolute atomic E-state index is 0.0332. The molecule has 4 aliphatic heterocycles. The van der Waals surface area contributed by atoms with E-state index in [1.807, 2.05) is 44.2 Å². The molecular weight excluding hydrogens is 725 g/mol. The fraction of sp³-hybridized carbons (Fsp3) is 0.548. The molecule has 14 heteroatoms. The number of cyclic esters (lactones) is 1. The topological polar surface area (TPSA) is 129 Å². The molecule has 6 rings (SSSR count). The molecule has 56 heavy (non-hydrogen) atoms. The van der Waals surface area contributed by atoms with Crippen LogP contribution < -0.4 is 0 Å². The predicted molar refractivity (Wildman–Crippen MR) is 207 cm³/mol. The minimum atomic E-state index is -4.17. The zero-order chi connectivity index (χ0) is 40.5. The minimum Gasteiger partial charge on any atom is -0.457 e. The van der Waals surface area contributed by atoms with Gasteiger partial charge in [-0.2, -0.15) is 0 Å². The number of nitrogens with zero attached hydrogens (tertiary/aromatic N) is 2. The van der Waals surface area contributed by atoms with Crippen LogP contribution in [0.15, 0.2) is 66.4 Å². The van der Waals surface area contributed by atoms with Crippen molar-refractivity contribution in [2.45, 2.75) is 116 Å². The number of aliphatic hydroxyl groups excluding tert-OH is 1. The number of rotatable bonds is 7. The van der Waals surface area contributed by atoms with Crippen LogP contribution in [0.5, 0.6) is 0 Å². The highest BCUT2D eigenvalue weighted by atomic mass is 19.2. The molecule has 11 nitrogen and oxygen atoms in total. The molecule has 2 bridgehead atoms. The Morgan fingerprint density at radius 3 is 2.46 bits per heavy atom. The first kappa shape index (κ1) is 41.7. The number of aliphatic hydroxyl groups is 2. The number of benzene rings is 1. The lowest BCUT2D eigenvalue weighted by Crippen LogP contribution is -2.66. The van der Waals surface area contributed by atoms with E-state index in [9.17, 15) is 19.8 Å². The molecule has 0 radical (unpaired) electrons. The van der Waals surface area contributed by atoms with Gasteiger partial charge in [0, 0.05) is 56.4 Å². The summed E-state index contributed by atoms with van der Waals surface area (Å²) in [4.78, 5) is 27.3. The van der Waals surface area contributed by atoms with Crippen molar-refractivity contribution < 1.29 is 56.6 Å². The number of allylic oxidation sites excluding steroid dienone is 2. The van der Waals surface area contributed by atoms with Gasteiger partial charge in [0.15, 0.2) is 5.70 Å². The van der Waals surface area contributed by atoms with Crippen molar-refractivity contribution in [2.24, 2.45) is 17.8 Å². The first-order valence-electron chi connectivity index (χ1n) is 19.6. The van der Waals surface area contributed by atoms with Gasteiger partial charge in [0.1, 0.15) is 29.9 Å². The lowest BCUT2D eigenvalue weighted by Gasteiger charge is -2.51. The second kappa shape index (κ2) is 16.9. The number of methoxy groups -OCH3 is 2. The van der Waals surface area contributed by atoms with E-state index in [4.69, 9.17) is 23.7 Å². The summed E-state index contributed by atoms with van der Waals surface area (Å²) in [5.74, 6) is -5.75. The van der Waals surface area contributed by atoms with E-state index in [0.29, 0.717) is 48.5 Å². The van der Waals surface area contributed by atoms with E-state index in [1.54, 1.807) is 50.3 Å². The third-order valence-electron chi connectivity index (χ3n) is 12.0. The van der Waals surface area contributed by atoms with E-state index in [2.05, 4.69) is 0 Å². The number of fused-ring (bicyclic) bond motifs is 4. The Morgan fingerprint density at radius 2 is 1.77 bits per heavy atom. The summed E-state index contributed by atoms with van der Waals surface area (Å²) < 4.78 is 64.1. The molecule has 0 spiro atoms. The van der Waals surface area contributed by atoms with Crippen LogP contribution in [0.2, 0.25) is 0 Å². The highest BCUT2D eigenvalue weighted by Gasteiger charge is 2.58. The average Bonchev–Trinajstić information content (AvgIpc) is 3.73. The molecule has 0 saturated carbocycles. The summed E-state index contributed by atoms with van der Waals surface area (Å²) in [6.45, 7) is 4.42. The first-order valence-corrected chi connectivity index (χ1v) is 19.6. The maximum Gasteiger partial charge on any atom is 0.737 e. The van der Waals surface area contributed by atoms with Crippen molar-refractivity contribution in [1.29, 1.82) is 0 Å². The van der Waals surface area contributed by atoms with Gasteiger partial charge in [-0.15, -0.1) is 0 Å². The van der Waals surface area contributed by atoms with Crippen LogP contribution in [0.4, 0.5) is 8.63 Å². The number of halogens is 2. The molecule has 1 fully saturated rings. The van der Waals surface area contributed by atoms with Crippen LogP contribution in [0.25, 0.3) is 6.08 Å². The highest BCUT2D eigenvalue weighted by Crippen LogP contribution is 2.42. The number of carbonyl (C=O) groups excluding carboxylic acids is 2. The molecular formula is C42H55BF2N2O9. The Balaban J connectivity index is 1.26. The number of hydrogen-bond donors (Lipinski definition) is 2.